The van der Waals surface area contributed by atoms with E-state index in [1.54, 1.807) is 18.9 Å². The van der Waals surface area contributed by atoms with Crippen LogP contribution in [0.25, 0.3) is 11.2 Å². The highest BCUT2D eigenvalue weighted by molar-refractivity contribution is 6.14. The summed E-state index contributed by atoms with van der Waals surface area (Å²) >= 11 is 0. The molecule has 3 heterocycles. The second-order valence-corrected chi connectivity index (χ2v) is 8.09. The minimum atomic E-state index is -0.748. The summed E-state index contributed by atoms with van der Waals surface area (Å²) in [4.78, 5) is 38.7. The van der Waals surface area contributed by atoms with E-state index >= 15 is 0 Å². The van der Waals surface area contributed by atoms with Gasteiger partial charge in [0.25, 0.3) is 5.91 Å². The molecule has 3 aromatic rings. The molecule has 1 aromatic carbocycles. The topological polar surface area (TPSA) is 151 Å². The molecule has 2 amide bonds. The van der Waals surface area contributed by atoms with Crippen molar-refractivity contribution in [2.45, 2.75) is 19.9 Å². The molecule has 1 aliphatic heterocycles. The van der Waals surface area contributed by atoms with E-state index in [2.05, 4.69) is 31.7 Å². The Morgan fingerprint density at radius 1 is 1.33 bits per heavy atom. The molecule has 4 rings (SSSR count). The van der Waals surface area contributed by atoms with Crippen molar-refractivity contribution in [3.8, 4) is 6.07 Å². The Morgan fingerprint density at radius 3 is 2.79 bits per heavy atom. The van der Waals surface area contributed by atoms with E-state index in [4.69, 9.17) is 10.7 Å². The van der Waals surface area contributed by atoms with Crippen LogP contribution in [0.5, 0.6) is 0 Å². The molecule has 10 nitrogen and oxygen atoms in total. The fraction of sp³-hybridized carbons (Fsp3) is 0.304. The Morgan fingerprint density at radius 2 is 2.09 bits per heavy atom. The number of anilines is 1. The highest BCUT2D eigenvalue weighted by Crippen LogP contribution is 2.22. The summed E-state index contributed by atoms with van der Waals surface area (Å²) in [7, 11) is 1.79. The number of H-pyrrole nitrogens is 1. The van der Waals surface area contributed by atoms with Crippen molar-refractivity contribution >= 4 is 34.4 Å². The number of aromatic amines is 1. The molecule has 2 aromatic heterocycles. The first kappa shape index (κ1) is 22.0. The number of fused-ring (bicyclic) bond motifs is 1. The van der Waals surface area contributed by atoms with E-state index < -0.39 is 11.9 Å². The molecule has 0 saturated carbocycles. The smallest absolute Gasteiger partial charge is 0.255 e. The summed E-state index contributed by atoms with van der Waals surface area (Å²) in [5, 5.41) is 23.3. The number of benzene rings is 1. The Kier molecular flexibility index (Phi) is 5.79. The lowest BCUT2D eigenvalue weighted by atomic mass is 10.0. The lowest BCUT2D eigenvalue weighted by Gasteiger charge is -2.37. The molecule has 0 spiro atoms. The quantitative estimate of drug-likeness (QED) is 0.426. The van der Waals surface area contributed by atoms with Gasteiger partial charge in [0, 0.05) is 37.6 Å². The van der Waals surface area contributed by atoms with Crippen LogP contribution in [-0.4, -0.2) is 63.6 Å². The molecule has 0 aliphatic carbocycles. The van der Waals surface area contributed by atoms with Crippen LogP contribution in [0.4, 0.5) is 5.69 Å². The summed E-state index contributed by atoms with van der Waals surface area (Å²) < 4.78 is 0. The highest BCUT2D eigenvalue weighted by atomic mass is 16.2. The number of nitrogens with one attached hydrogen (secondary N) is 4. The summed E-state index contributed by atoms with van der Waals surface area (Å²) in [6, 6.07) is 7.08. The molecule has 33 heavy (non-hydrogen) atoms. The average Bonchev–Trinajstić information content (AvgIpc) is 3.21. The third kappa shape index (κ3) is 4.13. The zero-order chi connectivity index (χ0) is 23.7. The van der Waals surface area contributed by atoms with Gasteiger partial charge in [0.05, 0.1) is 29.5 Å². The largest absolute Gasteiger partial charge is 0.388 e. The number of hydrogen-bond acceptors (Lipinski definition) is 7. The van der Waals surface area contributed by atoms with E-state index in [-0.39, 0.29) is 23.1 Å². The Labute approximate surface area is 190 Å². The highest BCUT2D eigenvalue weighted by Gasteiger charge is 2.33. The minimum Gasteiger partial charge on any atom is -0.388 e. The predicted octanol–water partition coefficient (Wildman–Crippen LogP) is 1.82. The van der Waals surface area contributed by atoms with Gasteiger partial charge in [0.2, 0.25) is 5.91 Å². The van der Waals surface area contributed by atoms with Gasteiger partial charge in [0.1, 0.15) is 17.3 Å². The van der Waals surface area contributed by atoms with Gasteiger partial charge in [-0.05, 0) is 25.5 Å². The van der Waals surface area contributed by atoms with Gasteiger partial charge in [-0.1, -0.05) is 12.1 Å². The van der Waals surface area contributed by atoms with Crippen molar-refractivity contribution in [2.75, 3.05) is 25.5 Å². The number of nitriles is 1. The molecular weight excluding hydrogens is 420 g/mol. The van der Waals surface area contributed by atoms with Crippen LogP contribution >= 0.6 is 0 Å². The number of rotatable bonds is 6. The molecule has 0 bridgehead atoms. The summed E-state index contributed by atoms with van der Waals surface area (Å²) in [6.07, 6.45) is 2.98. The number of aromatic nitrogens is 3. The van der Waals surface area contributed by atoms with E-state index in [9.17, 15) is 9.59 Å². The number of nitrogens with zero attached hydrogens (tertiary/aromatic N) is 4. The number of aryl methyl sites for hydroxylation is 1. The molecule has 10 heteroatoms. The molecule has 1 aliphatic rings. The number of carbonyl (C=O) groups is 2. The lowest BCUT2D eigenvalue weighted by molar-refractivity contribution is -0.137. The van der Waals surface area contributed by atoms with Crippen molar-refractivity contribution in [3.63, 3.8) is 0 Å². The molecule has 0 unspecified atom stereocenters. The maximum Gasteiger partial charge on any atom is 0.255 e. The van der Waals surface area contributed by atoms with Crippen LogP contribution in [0.15, 0.2) is 30.6 Å². The number of carbonyl (C=O) groups excluding carboxylic acids is 2. The zero-order valence-corrected chi connectivity index (χ0v) is 18.6. The fourth-order valence-corrected chi connectivity index (χ4v) is 3.76. The van der Waals surface area contributed by atoms with Crippen LogP contribution in [0, 0.1) is 29.6 Å². The normalized spacial score (nSPS) is 14.3. The van der Waals surface area contributed by atoms with Crippen molar-refractivity contribution in [1.82, 2.24) is 25.2 Å². The third-order valence-corrected chi connectivity index (χ3v) is 5.69. The minimum absolute atomic E-state index is 0.147. The van der Waals surface area contributed by atoms with Crippen molar-refractivity contribution < 1.29 is 9.59 Å². The van der Waals surface area contributed by atoms with Gasteiger partial charge >= 0.3 is 0 Å². The van der Waals surface area contributed by atoms with Crippen LogP contribution in [0.2, 0.25) is 0 Å². The summed E-state index contributed by atoms with van der Waals surface area (Å²) in [6.45, 7) is 4.35. The van der Waals surface area contributed by atoms with Crippen LogP contribution in [0.1, 0.15) is 34.1 Å². The summed E-state index contributed by atoms with van der Waals surface area (Å²) in [5.74, 6) is -0.850. The molecule has 168 valence electrons. The van der Waals surface area contributed by atoms with Crippen molar-refractivity contribution in [2.24, 2.45) is 5.92 Å². The van der Waals surface area contributed by atoms with Gasteiger partial charge < -0.3 is 20.5 Å². The van der Waals surface area contributed by atoms with Gasteiger partial charge in [0.15, 0.2) is 5.65 Å². The predicted molar refractivity (Wildman–Crippen MR) is 123 cm³/mol. The number of amides is 2. The second kappa shape index (κ2) is 8.70. The fourth-order valence-electron chi connectivity index (χ4n) is 3.76. The van der Waals surface area contributed by atoms with Gasteiger partial charge in [-0.3, -0.25) is 15.0 Å². The molecule has 1 atom stereocenters. The molecule has 1 fully saturated rings. The van der Waals surface area contributed by atoms with E-state index in [0.717, 1.165) is 11.3 Å². The first-order valence-corrected chi connectivity index (χ1v) is 10.5. The van der Waals surface area contributed by atoms with Crippen molar-refractivity contribution in [3.05, 3.63) is 53.0 Å². The van der Waals surface area contributed by atoms with E-state index in [1.165, 1.54) is 12.4 Å². The average molecular weight is 444 g/mol. The first-order valence-electron chi connectivity index (χ1n) is 10.5. The first-order chi connectivity index (χ1) is 15.8. The Balaban J connectivity index is 1.56. The lowest BCUT2D eigenvalue weighted by Crippen LogP contribution is -2.55. The van der Waals surface area contributed by atoms with Crippen molar-refractivity contribution in [1.29, 1.82) is 10.7 Å². The standard InChI is InChI=1S/C23H24N8O2/c1-12-4-5-15(17(6-12)26-3)19(25)18-9-28-21-20(30-18)16(8-27-21)22(32)29-13(2)23(33)31-10-14(7-24)11-31/h4-6,8-9,13-14,25-26H,10-11H2,1-3H3,(H,27,28)(H,29,32)/t13-/m1/s1. The molecule has 1 saturated heterocycles. The van der Waals surface area contributed by atoms with Crippen LogP contribution in [0.3, 0.4) is 0 Å². The monoisotopic (exact) mass is 444 g/mol. The SMILES string of the molecule is CNc1cc(C)ccc1C(=N)c1cnc2[nH]cc(C(=O)N[C@H](C)C(=O)N3CC(C#N)C3)c2n1. The number of likely N-dealkylation sites (tertiary alicyclic amines) is 1. The summed E-state index contributed by atoms with van der Waals surface area (Å²) in [5.41, 5.74) is 4.00. The Hall–Kier alpha value is -4.26. The van der Waals surface area contributed by atoms with Gasteiger partial charge in [-0.25, -0.2) is 9.97 Å². The Bertz CT molecular complexity index is 1300. The van der Waals surface area contributed by atoms with Gasteiger partial charge in [-0.2, -0.15) is 5.26 Å². The van der Waals surface area contributed by atoms with Crippen LogP contribution < -0.4 is 10.6 Å². The molecular formula is C23H24N8O2. The maximum atomic E-state index is 12.9. The zero-order valence-electron chi connectivity index (χ0n) is 18.6. The van der Waals surface area contributed by atoms with Crippen LogP contribution in [-0.2, 0) is 4.79 Å². The number of hydrogen-bond donors (Lipinski definition) is 4. The molecule has 0 radical (unpaired) electrons. The third-order valence-electron chi connectivity index (χ3n) is 5.69. The van der Waals surface area contributed by atoms with E-state index in [1.807, 2.05) is 25.1 Å². The molecule has 4 N–H and O–H groups in total. The second-order valence-electron chi connectivity index (χ2n) is 8.09. The maximum absolute atomic E-state index is 12.9. The van der Waals surface area contributed by atoms with E-state index in [0.29, 0.717) is 35.5 Å². The van der Waals surface area contributed by atoms with Gasteiger partial charge in [-0.15, -0.1) is 0 Å².